The standard InChI is InChI=1S/C22H29N7O4/c1-7-14(13-11-9-8-10-12-13)23-15-16(21(32)29(6)28(5)20(15)31)24-19-18(30)17(27(4)25-19)22(33)26(2)3/h8-12,14,23,30H,7H2,1-6H3,(H,24,25). The number of carbonyl (C=O) groups excluding carboxylic acids is 1. The molecule has 33 heavy (non-hydrogen) atoms. The van der Waals surface area contributed by atoms with E-state index in [2.05, 4.69) is 15.7 Å². The Hall–Kier alpha value is -4.02. The van der Waals surface area contributed by atoms with Crippen molar-refractivity contribution in [3.05, 3.63) is 62.3 Å². The molecule has 1 aromatic carbocycles. The predicted octanol–water partition coefficient (Wildman–Crippen LogP) is 1.53. The van der Waals surface area contributed by atoms with Crippen molar-refractivity contribution in [3.63, 3.8) is 0 Å². The maximum absolute atomic E-state index is 13.1. The zero-order chi connectivity index (χ0) is 24.4. The van der Waals surface area contributed by atoms with E-state index in [0.29, 0.717) is 6.42 Å². The summed E-state index contributed by atoms with van der Waals surface area (Å²) >= 11 is 0. The van der Waals surface area contributed by atoms with Crippen molar-refractivity contribution in [3.8, 4) is 5.75 Å². The Labute approximate surface area is 190 Å². The minimum atomic E-state index is -0.506. The largest absolute Gasteiger partial charge is 0.503 e. The molecule has 1 atom stereocenters. The Kier molecular flexibility index (Phi) is 6.61. The summed E-state index contributed by atoms with van der Waals surface area (Å²) in [6.45, 7) is 1.97. The van der Waals surface area contributed by atoms with Crippen LogP contribution in [-0.2, 0) is 21.1 Å². The zero-order valence-corrected chi connectivity index (χ0v) is 19.6. The van der Waals surface area contributed by atoms with E-state index < -0.39 is 22.8 Å². The lowest BCUT2D eigenvalue weighted by Crippen LogP contribution is -2.38. The summed E-state index contributed by atoms with van der Waals surface area (Å²) in [5, 5.41) is 20.8. The maximum Gasteiger partial charge on any atom is 0.291 e. The molecule has 0 aliphatic heterocycles. The highest BCUT2D eigenvalue weighted by atomic mass is 16.3. The van der Waals surface area contributed by atoms with Gasteiger partial charge in [-0.3, -0.25) is 19.1 Å². The van der Waals surface area contributed by atoms with Crippen LogP contribution in [0.1, 0.15) is 35.4 Å². The van der Waals surface area contributed by atoms with Crippen LogP contribution in [-0.4, -0.2) is 49.2 Å². The fourth-order valence-electron chi connectivity index (χ4n) is 3.51. The van der Waals surface area contributed by atoms with Crippen LogP contribution in [0.3, 0.4) is 0 Å². The monoisotopic (exact) mass is 455 g/mol. The first-order chi connectivity index (χ1) is 15.6. The van der Waals surface area contributed by atoms with Crippen LogP contribution in [0, 0.1) is 0 Å². The molecule has 0 saturated carbocycles. The van der Waals surface area contributed by atoms with Crippen molar-refractivity contribution < 1.29 is 9.90 Å². The highest BCUT2D eigenvalue weighted by molar-refractivity contribution is 5.97. The molecule has 0 aliphatic carbocycles. The summed E-state index contributed by atoms with van der Waals surface area (Å²) in [6.07, 6.45) is 0.651. The van der Waals surface area contributed by atoms with Gasteiger partial charge in [0.1, 0.15) is 11.4 Å². The third kappa shape index (κ3) is 4.34. The van der Waals surface area contributed by atoms with Gasteiger partial charge in [-0.15, -0.1) is 0 Å². The molecule has 11 nitrogen and oxygen atoms in total. The third-order valence-corrected chi connectivity index (χ3v) is 5.52. The molecule has 3 rings (SSSR count). The van der Waals surface area contributed by atoms with E-state index in [4.69, 9.17) is 0 Å². The van der Waals surface area contributed by atoms with Crippen LogP contribution < -0.4 is 21.8 Å². The van der Waals surface area contributed by atoms with Crippen molar-refractivity contribution in [2.45, 2.75) is 19.4 Å². The van der Waals surface area contributed by atoms with E-state index in [1.54, 1.807) is 14.1 Å². The van der Waals surface area contributed by atoms with Crippen molar-refractivity contribution in [2.75, 3.05) is 24.7 Å². The topological polar surface area (TPSA) is 126 Å². The first-order valence-corrected chi connectivity index (χ1v) is 10.4. The molecular weight excluding hydrogens is 426 g/mol. The number of hydrogen-bond donors (Lipinski definition) is 3. The number of benzene rings is 1. The fraction of sp³-hybridized carbons (Fsp3) is 0.364. The highest BCUT2D eigenvalue weighted by Gasteiger charge is 2.26. The first kappa shape index (κ1) is 23.6. The quantitative estimate of drug-likeness (QED) is 0.493. The minimum Gasteiger partial charge on any atom is -0.503 e. The molecule has 3 aromatic rings. The van der Waals surface area contributed by atoms with Crippen LogP contribution in [0.5, 0.6) is 5.75 Å². The van der Waals surface area contributed by atoms with Crippen molar-refractivity contribution in [1.82, 2.24) is 24.0 Å². The lowest BCUT2D eigenvalue weighted by Gasteiger charge is -2.22. The molecule has 3 N–H and O–H groups in total. The fourth-order valence-corrected chi connectivity index (χ4v) is 3.51. The summed E-state index contributed by atoms with van der Waals surface area (Å²) in [4.78, 5) is 40.0. The number of nitrogens with zero attached hydrogens (tertiary/aromatic N) is 5. The number of carbonyl (C=O) groups is 1. The van der Waals surface area contributed by atoms with Gasteiger partial charge in [0.05, 0.1) is 6.04 Å². The smallest absolute Gasteiger partial charge is 0.291 e. The number of rotatable bonds is 7. The number of nitrogens with one attached hydrogen (secondary N) is 2. The molecule has 176 valence electrons. The number of aromatic nitrogens is 4. The highest BCUT2D eigenvalue weighted by Crippen LogP contribution is 2.31. The number of anilines is 3. The molecular formula is C22H29N7O4. The second-order valence-corrected chi connectivity index (χ2v) is 7.92. The molecule has 0 radical (unpaired) electrons. The van der Waals surface area contributed by atoms with Gasteiger partial charge < -0.3 is 20.6 Å². The van der Waals surface area contributed by atoms with Crippen molar-refractivity contribution in [2.24, 2.45) is 21.1 Å². The second-order valence-electron chi connectivity index (χ2n) is 7.92. The van der Waals surface area contributed by atoms with Gasteiger partial charge in [-0.05, 0) is 12.0 Å². The number of aromatic hydroxyl groups is 1. The van der Waals surface area contributed by atoms with E-state index in [-0.39, 0.29) is 28.9 Å². The van der Waals surface area contributed by atoms with Crippen LogP contribution in [0.15, 0.2) is 39.9 Å². The van der Waals surface area contributed by atoms with Crippen LogP contribution in [0.25, 0.3) is 0 Å². The van der Waals surface area contributed by atoms with E-state index in [1.807, 2.05) is 37.3 Å². The summed E-state index contributed by atoms with van der Waals surface area (Å²) in [5.74, 6) is -0.982. The van der Waals surface area contributed by atoms with Gasteiger partial charge in [-0.1, -0.05) is 37.3 Å². The zero-order valence-electron chi connectivity index (χ0n) is 19.6. The summed E-state index contributed by atoms with van der Waals surface area (Å²) in [6, 6.07) is 9.32. The molecule has 0 spiro atoms. The Morgan fingerprint density at radius 1 is 1.06 bits per heavy atom. The summed E-state index contributed by atoms with van der Waals surface area (Å²) in [5.41, 5.74) is -0.0715. The molecule has 0 fully saturated rings. The molecule has 2 aromatic heterocycles. The molecule has 11 heteroatoms. The Bertz CT molecular complexity index is 1290. The summed E-state index contributed by atoms with van der Waals surface area (Å²) in [7, 11) is 7.57. The summed E-state index contributed by atoms with van der Waals surface area (Å²) < 4.78 is 3.58. The average Bonchev–Trinajstić information content (AvgIpc) is 3.08. The molecule has 2 heterocycles. The molecule has 0 aliphatic rings. The predicted molar refractivity (Wildman–Crippen MR) is 126 cm³/mol. The third-order valence-electron chi connectivity index (χ3n) is 5.52. The van der Waals surface area contributed by atoms with Gasteiger partial charge in [0.15, 0.2) is 17.3 Å². The number of aryl methyl sites for hydroxylation is 1. The SMILES string of the molecule is CCC(Nc1c(Nc2nn(C)c(C(=O)N(C)C)c2O)c(=O)n(C)n(C)c1=O)c1ccccc1. The molecule has 1 amide bonds. The van der Waals surface area contributed by atoms with Gasteiger partial charge in [-0.25, -0.2) is 9.36 Å². The van der Waals surface area contributed by atoms with E-state index in [1.165, 1.54) is 35.4 Å². The second kappa shape index (κ2) is 9.23. The van der Waals surface area contributed by atoms with Gasteiger partial charge >= 0.3 is 0 Å². The van der Waals surface area contributed by atoms with Gasteiger partial charge in [0.25, 0.3) is 17.0 Å². The van der Waals surface area contributed by atoms with Gasteiger partial charge in [-0.2, -0.15) is 5.10 Å². The van der Waals surface area contributed by atoms with E-state index in [0.717, 1.165) is 10.2 Å². The van der Waals surface area contributed by atoms with Gasteiger partial charge in [0, 0.05) is 35.2 Å². The lowest BCUT2D eigenvalue weighted by molar-refractivity contribution is 0.0814. The maximum atomic E-state index is 13.1. The Balaban J connectivity index is 2.14. The lowest BCUT2D eigenvalue weighted by atomic mass is 10.0. The Morgan fingerprint density at radius 2 is 1.64 bits per heavy atom. The van der Waals surface area contributed by atoms with Gasteiger partial charge in [0.2, 0.25) is 0 Å². The average molecular weight is 456 g/mol. The van der Waals surface area contributed by atoms with Crippen LogP contribution in [0.4, 0.5) is 17.2 Å². The molecule has 1 unspecified atom stereocenters. The molecule has 0 bridgehead atoms. The van der Waals surface area contributed by atoms with E-state index >= 15 is 0 Å². The number of hydrogen-bond acceptors (Lipinski definition) is 7. The van der Waals surface area contributed by atoms with Crippen molar-refractivity contribution in [1.29, 1.82) is 0 Å². The van der Waals surface area contributed by atoms with Crippen LogP contribution >= 0.6 is 0 Å². The first-order valence-electron chi connectivity index (χ1n) is 10.4. The minimum absolute atomic E-state index is 0.0434. The Morgan fingerprint density at radius 3 is 2.18 bits per heavy atom. The molecule has 0 saturated heterocycles. The normalized spacial score (nSPS) is 11.8. The van der Waals surface area contributed by atoms with Crippen LogP contribution in [0.2, 0.25) is 0 Å². The van der Waals surface area contributed by atoms with E-state index in [9.17, 15) is 19.5 Å². The van der Waals surface area contributed by atoms with Crippen molar-refractivity contribution >= 4 is 23.1 Å². The number of amides is 1.